The van der Waals surface area contributed by atoms with Crippen LogP contribution in [-0.4, -0.2) is 57.5 Å². The van der Waals surface area contributed by atoms with Crippen molar-refractivity contribution in [2.45, 2.75) is 13.5 Å². The number of anilines is 2. The van der Waals surface area contributed by atoms with Gasteiger partial charge in [-0.2, -0.15) is 0 Å². The first-order chi connectivity index (χ1) is 15.7. The molecule has 0 amide bonds. The van der Waals surface area contributed by atoms with Gasteiger partial charge in [-0.25, -0.2) is 19.3 Å². The third-order valence-corrected chi connectivity index (χ3v) is 6.71. The molecule has 1 saturated heterocycles. The standard InChI is InChI=1S/C24H25FN6S/c1-2-30-10-12-31(13-11-30)16-17-3-8-21(26-15-17)28-24-22-20(9-14-32-22)27-23(29-24)18-4-6-19(25)7-5-18/h3-9,14-15H,2,10-13,16H2,1H3,(H,26,27,28,29). The smallest absolute Gasteiger partial charge is 0.162 e. The van der Waals surface area contributed by atoms with Crippen LogP contribution in [0.25, 0.3) is 21.6 Å². The van der Waals surface area contributed by atoms with Crippen molar-refractivity contribution in [1.82, 2.24) is 24.8 Å². The molecule has 0 saturated carbocycles. The van der Waals surface area contributed by atoms with E-state index < -0.39 is 0 Å². The number of nitrogens with zero attached hydrogens (tertiary/aromatic N) is 5. The minimum atomic E-state index is -0.278. The van der Waals surface area contributed by atoms with Gasteiger partial charge in [0.05, 0.1) is 10.2 Å². The van der Waals surface area contributed by atoms with Crippen LogP contribution in [0.4, 0.5) is 16.0 Å². The fourth-order valence-electron chi connectivity index (χ4n) is 3.91. The van der Waals surface area contributed by atoms with Crippen LogP contribution in [0.2, 0.25) is 0 Å². The summed E-state index contributed by atoms with van der Waals surface area (Å²) in [6.45, 7) is 8.71. The molecule has 1 aromatic carbocycles. The molecule has 4 heterocycles. The lowest BCUT2D eigenvalue weighted by Gasteiger charge is -2.33. The van der Waals surface area contributed by atoms with E-state index in [1.54, 1.807) is 23.5 Å². The Morgan fingerprint density at radius 1 is 0.969 bits per heavy atom. The van der Waals surface area contributed by atoms with Gasteiger partial charge >= 0.3 is 0 Å². The van der Waals surface area contributed by atoms with Gasteiger partial charge in [0.25, 0.3) is 0 Å². The number of fused-ring (bicyclic) bond motifs is 1. The van der Waals surface area contributed by atoms with Crippen molar-refractivity contribution in [3.05, 3.63) is 65.4 Å². The maximum atomic E-state index is 13.3. The largest absolute Gasteiger partial charge is 0.324 e. The third kappa shape index (κ3) is 4.62. The summed E-state index contributed by atoms with van der Waals surface area (Å²) in [5.41, 5.74) is 2.83. The minimum absolute atomic E-state index is 0.278. The molecule has 0 unspecified atom stereocenters. The van der Waals surface area contributed by atoms with Gasteiger partial charge < -0.3 is 10.2 Å². The van der Waals surface area contributed by atoms with Gasteiger partial charge in [-0.3, -0.25) is 4.90 Å². The van der Waals surface area contributed by atoms with Crippen molar-refractivity contribution in [1.29, 1.82) is 0 Å². The summed E-state index contributed by atoms with van der Waals surface area (Å²) in [6.07, 6.45) is 1.93. The Kier molecular flexibility index (Phi) is 6.07. The molecule has 1 fully saturated rings. The highest BCUT2D eigenvalue weighted by Gasteiger charge is 2.16. The van der Waals surface area contributed by atoms with E-state index in [9.17, 15) is 4.39 Å². The van der Waals surface area contributed by atoms with Crippen molar-refractivity contribution in [2.24, 2.45) is 0 Å². The normalized spacial score (nSPS) is 15.3. The number of hydrogen-bond donors (Lipinski definition) is 1. The Balaban J connectivity index is 1.33. The van der Waals surface area contributed by atoms with Crippen LogP contribution in [0.15, 0.2) is 54.0 Å². The van der Waals surface area contributed by atoms with E-state index in [0.717, 1.165) is 60.9 Å². The molecule has 0 atom stereocenters. The maximum Gasteiger partial charge on any atom is 0.162 e. The molecule has 3 aromatic heterocycles. The third-order valence-electron chi connectivity index (χ3n) is 5.80. The highest BCUT2D eigenvalue weighted by atomic mass is 32.1. The Labute approximate surface area is 190 Å². The molecule has 164 valence electrons. The minimum Gasteiger partial charge on any atom is -0.324 e. The second-order valence-electron chi connectivity index (χ2n) is 7.92. The Bertz CT molecular complexity index is 1180. The maximum absolute atomic E-state index is 13.3. The molecular formula is C24H25FN6S. The van der Waals surface area contributed by atoms with E-state index in [1.807, 2.05) is 23.7 Å². The highest BCUT2D eigenvalue weighted by Crippen LogP contribution is 2.30. The van der Waals surface area contributed by atoms with Crippen molar-refractivity contribution in [2.75, 3.05) is 38.0 Å². The van der Waals surface area contributed by atoms with E-state index in [4.69, 9.17) is 4.98 Å². The molecule has 0 aliphatic carbocycles. The van der Waals surface area contributed by atoms with Crippen molar-refractivity contribution >= 4 is 33.2 Å². The molecule has 1 aliphatic heterocycles. The lowest BCUT2D eigenvalue weighted by molar-refractivity contribution is 0.132. The quantitative estimate of drug-likeness (QED) is 0.458. The van der Waals surface area contributed by atoms with Gasteiger partial charge in [0.2, 0.25) is 0 Å². The number of nitrogens with one attached hydrogen (secondary N) is 1. The summed E-state index contributed by atoms with van der Waals surface area (Å²) in [6, 6.07) is 12.3. The average Bonchev–Trinajstić information content (AvgIpc) is 3.30. The molecule has 0 bridgehead atoms. The number of pyridine rings is 1. The second kappa shape index (κ2) is 9.28. The predicted octanol–water partition coefficient (Wildman–Crippen LogP) is 4.77. The van der Waals surface area contributed by atoms with E-state index >= 15 is 0 Å². The number of benzene rings is 1. The summed E-state index contributed by atoms with van der Waals surface area (Å²) in [5, 5.41) is 5.35. The fraction of sp³-hybridized carbons (Fsp3) is 0.292. The first kappa shape index (κ1) is 20.9. The average molecular weight is 449 g/mol. The monoisotopic (exact) mass is 448 g/mol. The van der Waals surface area contributed by atoms with E-state index in [2.05, 4.69) is 38.1 Å². The molecule has 5 rings (SSSR count). The summed E-state index contributed by atoms with van der Waals surface area (Å²) < 4.78 is 14.3. The van der Waals surface area contributed by atoms with Gasteiger partial charge in [-0.15, -0.1) is 11.3 Å². The number of halogens is 1. The highest BCUT2D eigenvalue weighted by molar-refractivity contribution is 7.17. The van der Waals surface area contributed by atoms with E-state index in [-0.39, 0.29) is 5.82 Å². The molecule has 32 heavy (non-hydrogen) atoms. The van der Waals surface area contributed by atoms with Crippen LogP contribution in [0, 0.1) is 5.82 Å². The summed E-state index contributed by atoms with van der Waals surface area (Å²) in [4.78, 5) is 18.9. The predicted molar refractivity (Wildman–Crippen MR) is 128 cm³/mol. The van der Waals surface area contributed by atoms with Gasteiger partial charge in [0, 0.05) is 44.5 Å². The topological polar surface area (TPSA) is 57.2 Å². The van der Waals surface area contributed by atoms with Gasteiger partial charge in [-0.1, -0.05) is 13.0 Å². The number of likely N-dealkylation sites (N-methyl/N-ethyl adjacent to an activating group) is 1. The second-order valence-corrected chi connectivity index (χ2v) is 8.84. The zero-order chi connectivity index (χ0) is 21.9. The first-order valence-electron chi connectivity index (χ1n) is 10.9. The van der Waals surface area contributed by atoms with Crippen LogP contribution in [0.1, 0.15) is 12.5 Å². The Hall–Kier alpha value is -2.94. The molecule has 4 aromatic rings. The summed E-state index contributed by atoms with van der Waals surface area (Å²) in [5.74, 6) is 1.73. The molecule has 6 nitrogen and oxygen atoms in total. The number of aromatic nitrogens is 3. The summed E-state index contributed by atoms with van der Waals surface area (Å²) in [7, 11) is 0. The molecule has 1 N–H and O–H groups in total. The molecule has 0 radical (unpaired) electrons. The first-order valence-corrected chi connectivity index (χ1v) is 11.7. The van der Waals surface area contributed by atoms with Crippen molar-refractivity contribution < 1.29 is 4.39 Å². The fourth-order valence-corrected chi connectivity index (χ4v) is 4.69. The SMILES string of the molecule is CCN1CCN(Cc2ccc(Nc3nc(-c4ccc(F)cc4)nc4ccsc34)nc2)CC1. The molecule has 8 heteroatoms. The van der Waals surface area contributed by atoms with Gasteiger partial charge in [-0.05, 0) is 53.9 Å². The van der Waals surface area contributed by atoms with Crippen LogP contribution in [0.3, 0.4) is 0 Å². The van der Waals surface area contributed by atoms with Crippen LogP contribution >= 0.6 is 11.3 Å². The van der Waals surface area contributed by atoms with Crippen LogP contribution < -0.4 is 5.32 Å². The number of rotatable bonds is 6. The summed E-state index contributed by atoms with van der Waals surface area (Å²) >= 11 is 1.58. The van der Waals surface area contributed by atoms with Crippen molar-refractivity contribution in [3.63, 3.8) is 0 Å². The Morgan fingerprint density at radius 3 is 2.47 bits per heavy atom. The van der Waals surface area contributed by atoms with Gasteiger partial charge in [0.1, 0.15) is 11.6 Å². The van der Waals surface area contributed by atoms with Crippen LogP contribution in [0.5, 0.6) is 0 Å². The van der Waals surface area contributed by atoms with E-state index in [0.29, 0.717) is 11.6 Å². The van der Waals surface area contributed by atoms with Crippen LogP contribution in [-0.2, 0) is 6.54 Å². The number of piperazine rings is 1. The molecule has 0 spiro atoms. The Morgan fingerprint density at radius 2 is 1.75 bits per heavy atom. The molecular weight excluding hydrogens is 423 g/mol. The zero-order valence-corrected chi connectivity index (χ0v) is 18.8. The van der Waals surface area contributed by atoms with Crippen molar-refractivity contribution in [3.8, 4) is 11.4 Å². The lowest BCUT2D eigenvalue weighted by Crippen LogP contribution is -2.45. The van der Waals surface area contributed by atoms with Gasteiger partial charge in [0.15, 0.2) is 11.6 Å². The zero-order valence-electron chi connectivity index (χ0n) is 18.0. The lowest BCUT2D eigenvalue weighted by atomic mass is 10.2. The number of hydrogen-bond acceptors (Lipinski definition) is 7. The number of thiophene rings is 1. The van der Waals surface area contributed by atoms with E-state index in [1.165, 1.54) is 17.7 Å². The molecule has 1 aliphatic rings.